The molecule has 0 radical (unpaired) electrons. The van der Waals surface area contributed by atoms with Gasteiger partial charge in [0.2, 0.25) is 5.91 Å². The molecule has 0 fully saturated rings. The summed E-state index contributed by atoms with van der Waals surface area (Å²) in [5.74, 6) is 0.0982. The van der Waals surface area contributed by atoms with Crippen LogP contribution in [0.25, 0.3) is 0 Å². The van der Waals surface area contributed by atoms with Crippen molar-refractivity contribution in [3.63, 3.8) is 0 Å². The molecular formula is C20H23BrN2O3. The molecule has 0 aliphatic heterocycles. The van der Waals surface area contributed by atoms with E-state index in [4.69, 9.17) is 4.74 Å². The van der Waals surface area contributed by atoms with Crippen LogP contribution in [-0.2, 0) is 9.59 Å². The van der Waals surface area contributed by atoms with E-state index in [0.717, 1.165) is 21.3 Å². The number of nitrogens with zero attached hydrogens (tertiary/aromatic N) is 1. The average molecular weight is 419 g/mol. The lowest BCUT2D eigenvalue weighted by Crippen LogP contribution is -2.42. The molecule has 1 N–H and O–H groups in total. The third-order valence-electron chi connectivity index (χ3n) is 3.98. The van der Waals surface area contributed by atoms with Gasteiger partial charge in [0.25, 0.3) is 5.91 Å². The van der Waals surface area contributed by atoms with Crippen molar-refractivity contribution in [3.05, 3.63) is 58.1 Å². The number of nitrogens with one attached hydrogen (secondary N) is 1. The normalized spacial score (nSPS) is 11.6. The summed E-state index contributed by atoms with van der Waals surface area (Å²) >= 11 is 3.35. The summed E-state index contributed by atoms with van der Waals surface area (Å²) in [6, 6.07) is 13.1. The van der Waals surface area contributed by atoms with Gasteiger partial charge in [-0.3, -0.25) is 9.59 Å². The van der Waals surface area contributed by atoms with Crippen LogP contribution in [0.4, 0.5) is 5.69 Å². The maximum Gasteiger partial charge on any atom is 0.263 e. The van der Waals surface area contributed by atoms with Crippen LogP contribution in [0.2, 0.25) is 0 Å². The number of hydrogen-bond donors (Lipinski definition) is 1. The Morgan fingerprint density at radius 2 is 1.69 bits per heavy atom. The zero-order chi connectivity index (χ0) is 19.3. The molecule has 1 atom stereocenters. The summed E-state index contributed by atoms with van der Waals surface area (Å²) in [4.78, 5) is 26.1. The Bertz CT molecular complexity index is 770. The highest BCUT2D eigenvalue weighted by Crippen LogP contribution is 2.20. The van der Waals surface area contributed by atoms with E-state index in [-0.39, 0.29) is 18.4 Å². The molecule has 0 aromatic heterocycles. The van der Waals surface area contributed by atoms with Gasteiger partial charge in [-0.15, -0.1) is 0 Å². The first-order chi connectivity index (χ1) is 12.3. The highest BCUT2D eigenvalue weighted by molar-refractivity contribution is 9.10. The molecular weight excluding hydrogens is 396 g/mol. The van der Waals surface area contributed by atoms with E-state index in [0.29, 0.717) is 5.75 Å². The van der Waals surface area contributed by atoms with Crippen LogP contribution in [0.15, 0.2) is 46.9 Å². The van der Waals surface area contributed by atoms with Gasteiger partial charge < -0.3 is 15.0 Å². The molecule has 0 aliphatic rings. The molecule has 0 bridgehead atoms. The molecule has 2 aromatic rings. The molecule has 6 heteroatoms. The smallest absolute Gasteiger partial charge is 0.263 e. The van der Waals surface area contributed by atoms with Crippen molar-refractivity contribution in [1.29, 1.82) is 0 Å². The van der Waals surface area contributed by atoms with Gasteiger partial charge in [-0.2, -0.15) is 0 Å². The van der Waals surface area contributed by atoms with E-state index in [1.54, 1.807) is 26.1 Å². The van der Waals surface area contributed by atoms with E-state index in [1.165, 1.54) is 4.90 Å². The van der Waals surface area contributed by atoms with Crippen molar-refractivity contribution in [2.45, 2.75) is 26.9 Å². The second-order valence-corrected chi connectivity index (χ2v) is 7.14. The third-order valence-corrected chi connectivity index (χ3v) is 4.51. The first-order valence-corrected chi connectivity index (χ1v) is 9.10. The quantitative estimate of drug-likeness (QED) is 0.772. The number of halogens is 1. The van der Waals surface area contributed by atoms with Crippen LogP contribution in [-0.4, -0.2) is 36.4 Å². The fourth-order valence-electron chi connectivity index (χ4n) is 2.56. The maximum atomic E-state index is 12.4. The Balaban J connectivity index is 1.93. The van der Waals surface area contributed by atoms with Crippen molar-refractivity contribution in [3.8, 4) is 5.75 Å². The topological polar surface area (TPSA) is 58.6 Å². The fourth-order valence-corrected chi connectivity index (χ4v) is 2.83. The van der Waals surface area contributed by atoms with Gasteiger partial charge in [-0.25, -0.2) is 0 Å². The Labute approximate surface area is 162 Å². The standard InChI is InChI=1S/C20H23BrN2O3/c1-13-6-5-7-14(2)19(13)22-18(24)12-23(4)20(25)15(3)26-17-10-8-16(21)9-11-17/h5-11,15H,12H2,1-4H3,(H,22,24). The monoisotopic (exact) mass is 418 g/mol. The second-order valence-electron chi connectivity index (χ2n) is 6.22. The predicted molar refractivity (Wildman–Crippen MR) is 106 cm³/mol. The van der Waals surface area contributed by atoms with Crippen molar-refractivity contribution in [2.24, 2.45) is 0 Å². The Hall–Kier alpha value is -2.34. The summed E-state index contributed by atoms with van der Waals surface area (Å²) in [6.45, 7) is 5.50. The van der Waals surface area contributed by atoms with Crippen LogP contribution in [0.1, 0.15) is 18.1 Å². The summed E-state index contributed by atoms with van der Waals surface area (Å²) in [5.41, 5.74) is 2.76. The Kier molecular flexibility index (Phi) is 6.80. The number of benzene rings is 2. The first-order valence-electron chi connectivity index (χ1n) is 8.31. The summed E-state index contributed by atoms with van der Waals surface area (Å²) in [5, 5.41) is 2.88. The molecule has 0 saturated carbocycles. The molecule has 26 heavy (non-hydrogen) atoms. The van der Waals surface area contributed by atoms with Crippen LogP contribution in [0.5, 0.6) is 5.75 Å². The van der Waals surface area contributed by atoms with Crippen LogP contribution < -0.4 is 10.1 Å². The second kappa shape index (κ2) is 8.85. The first kappa shape index (κ1) is 20.0. The van der Waals surface area contributed by atoms with Crippen LogP contribution >= 0.6 is 15.9 Å². The maximum absolute atomic E-state index is 12.4. The SMILES string of the molecule is Cc1cccc(C)c1NC(=O)CN(C)C(=O)C(C)Oc1ccc(Br)cc1. The molecule has 2 rings (SSSR count). The van der Waals surface area contributed by atoms with Gasteiger partial charge in [0, 0.05) is 17.2 Å². The minimum atomic E-state index is -0.686. The van der Waals surface area contributed by atoms with Crippen molar-refractivity contribution >= 4 is 33.4 Å². The molecule has 5 nitrogen and oxygen atoms in total. The van der Waals surface area contributed by atoms with Crippen molar-refractivity contribution < 1.29 is 14.3 Å². The largest absolute Gasteiger partial charge is 0.481 e. The Morgan fingerprint density at radius 1 is 1.12 bits per heavy atom. The lowest BCUT2D eigenvalue weighted by atomic mass is 10.1. The van der Waals surface area contributed by atoms with Gasteiger partial charge in [-0.05, 0) is 56.2 Å². The number of amides is 2. The summed E-state index contributed by atoms with van der Waals surface area (Å²) < 4.78 is 6.58. The van der Waals surface area contributed by atoms with Crippen molar-refractivity contribution in [2.75, 3.05) is 18.9 Å². The van der Waals surface area contributed by atoms with Gasteiger partial charge in [0.15, 0.2) is 6.10 Å². The zero-order valence-corrected chi connectivity index (χ0v) is 17.0. The predicted octanol–water partition coefficient (Wildman–Crippen LogP) is 3.93. The fraction of sp³-hybridized carbons (Fsp3) is 0.300. The van der Waals surface area contributed by atoms with Crippen molar-refractivity contribution in [1.82, 2.24) is 4.90 Å². The molecule has 2 aromatic carbocycles. The molecule has 0 heterocycles. The van der Waals surface area contributed by atoms with E-state index in [1.807, 2.05) is 44.2 Å². The highest BCUT2D eigenvalue weighted by atomic mass is 79.9. The van der Waals surface area contributed by atoms with Gasteiger partial charge >= 0.3 is 0 Å². The third kappa shape index (κ3) is 5.33. The average Bonchev–Trinajstić information content (AvgIpc) is 2.59. The zero-order valence-electron chi connectivity index (χ0n) is 15.4. The van der Waals surface area contributed by atoms with Crippen LogP contribution in [0, 0.1) is 13.8 Å². The number of para-hydroxylation sites is 1. The molecule has 0 saturated heterocycles. The Morgan fingerprint density at radius 3 is 2.27 bits per heavy atom. The number of ether oxygens (including phenoxy) is 1. The highest BCUT2D eigenvalue weighted by Gasteiger charge is 2.21. The number of aryl methyl sites for hydroxylation is 2. The minimum Gasteiger partial charge on any atom is -0.481 e. The van der Waals surface area contributed by atoms with E-state index >= 15 is 0 Å². The number of carbonyl (C=O) groups excluding carboxylic acids is 2. The number of anilines is 1. The number of likely N-dealkylation sites (N-methyl/N-ethyl adjacent to an activating group) is 1. The van der Waals surface area contributed by atoms with Gasteiger partial charge in [0.05, 0.1) is 6.54 Å². The van der Waals surface area contributed by atoms with E-state index in [2.05, 4.69) is 21.2 Å². The molecule has 138 valence electrons. The van der Waals surface area contributed by atoms with E-state index in [9.17, 15) is 9.59 Å². The lowest BCUT2D eigenvalue weighted by molar-refractivity contribution is -0.139. The number of hydrogen-bond acceptors (Lipinski definition) is 3. The van der Waals surface area contributed by atoms with Gasteiger partial charge in [0.1, 0.15) is 5.75 Å². The number of carbonyl (C=O) groups is 2. The summed E-state index contributed by atoms with van der Waals surface area (Å²) in [6.07, 6.45) is -0.686. The minimum absolute atomic E-state index is 0.0410. The molecule has 1 unspecified atom stereocenters. The lowest BCUT2D eigenvalue weighted by Gasteiger charge is -2.22. The molecule has 0 spiro atoms. The van der Waals surface area contributed by atoms with E-state index < -0.39 is 6.10 Å². The van der Waals surface area contributed by atoms with Gasteiger partial charge in [-0.1, -0.05) is 34.1 Å². The summed E-state index contributed by atoms with van der Waals surface area (Å²) in [7, 11) is 1.59. The van der Waals surface area contributed by atoms with Crippen LogP contribution in [0.3, 0.4) is 0 Å². The molecule has 2 amide bonds. The molecule has 0 aliphatic carbocycles. The number of rotatable bonds is 6.